The van der Waals surface area contributed by atoms with E-state index in [0.717, 1.165) is 33.1 Å². The van der Waals surface area contributed by atoms with Gasteiger partial charge in [0.25, 0.3) is 5.91 Å². The van der Waals surface area contributed by atoms with Crippen molar-refractivity contribution in [3.8, 4) is 0 Å². The molecule has 0 aliphatic heterocycles. The van der Waals surface area contributed by atoms with Gasteiger partial charge in [-0.05, 0) is 60.4 Å². The van der Waals surface area contributed by atoms with Crippen LogP contribution < -0.4 is 0 Å². The number of carbonyl (C=O) groups excluding carboxylic acids is 2. The molecule has 6 nitrogen and oxygen atoms in total. The smallest absolute Gasteiger partial charge is 0.385 e. The third kappa shape index (κ3) is 8.20. The minimum atomic E-state index is -4.45. The van der Waals surface area contributed by atoms with Crippen LogP contribution in [0.4, 0.5) is 13.2 Å². The number of alkyl halides is 3. The first-order chi connectivity index (χ1) is 19.7. The van der Waals surface area contributed by atoms with E-state index in [1.54, 1.807) is 30.2 Å². The summed E-state index contributed by atoms with van der Waals surface area (Å²) in [6.45, 7) is 0.979. The molecule has 0 fully saturated rings. The molecule has 0 radical (unpaired) electrons. The molecule has 0 bridgehead atoms. The van der Waals surface area contributed by atoms with Gasteiger partial charge in [-0.25, -0.2) is 0 Å². The largest absolute Gasteiger partial charge is 0.416 e. The van der Waals surface area contributed by atoms with Crippen LogP contribution in [0.5, 0.6) is 0 Å². The van der Waals surface area contributed by atoms with Crippen LogP contribution >= 0.6 is 15.9 Å². The minimum Gasteiger partial charge on any atom is -0.385 e. The number of nitrogens with one attached hydrogen (secondary N) is 1. The molecule has 1 N–H and O–H groups in total. The molecule has 0 saturated carbocycles. The van der Waals surface area contributed by atoms with Gasteiger partial charge in [-0.15, -0.1) is 0 Å². The number of ether oxygens (including phenoxy) is 1. The van der Waals surface area contributed by atoms with Crippen LogP contribution in [-0.2, 0) is 28.7 Å². The van der Waals surface area contributed by atoms with E-state index in [1.807, 2.05) is 36.5 Å². The number of aromatic nitrogens is 1. The highest BCUT2D eigenvalue weighted by Gasteiger charge is 2.30. The molecule has 2 amide bonds. The van der Waals surface area contributed by atoms with Crippen molar-refractivity contribution in [1.82, 2.24) is 14.8 Å². The molecule has 10 heteroatoms. The Bertz CT molecular complexity index is 1470. The molecule has 0 spiro atoms. The van der Waals surface area contributed by atoms with Gasteiger partial charge in [-0.3, -0.25) is 9.59 Å². The third-order valence-corrected chi connectivity index (χ3v) is 7.29. The number of aromatic amines is 1. The summed E-state index contributed by atoms with van der Waals surface area (Å²) >= 11 is 3.39. The highest BCUT2D eigenvalue weighted by molar-refractivity contribution is 9.10. The maximum Gasteiger partial charge on any atom is 0.416 e. The topological polar surface area (TPSA) is 65.6 Å². The molecule has 0 saturated heterocycles. The van der Waals surface area contributed by atoms with Crippen LogP contribution in [0.25, 0.3) is 10.9 Å². The molecule has 0 atom stereocenters. The Morgan fingerprint density at radius 2 is 1.71 bits per heavy atom. The van der Waals surface area contributed by atoms with Gasteiger partial charge in [0.05, 0.1) is 5.56 Å². The van der Waals surface area contributed by atoms with Crippen molar-refractivity contribution in [2.45, 2.75) is 25.6 Å². The second-order valence-electron chi connectivity index (χ2n) is 9.70. The predicted molar refractivity (Wildman–Crippen MR) is 155 cm³/mol. The molecule has 4 rings (SSSR count). The SMILES string of the molecule is COCCCN(CC(=O)N(CCc1c[nH]c2ccccc12)Cc1ccc(C(F)(F)F)cc1)C(=O)c1cccc(Br)c1. The lowest BCUT2D eigenvalue weighted by molar-refractivity contribution is -0.137. The van der Waals surface area contributed by atoms with Crippen molar-refractivity contribution in [1.29, 1.82) is 0 Å². The average Bonchev–Trinajstić information content (AvgIpc) is 3.37. The highest BCUT2D eigenvalue weighted by atomic mass is 79.9. The first-order valence-electron chi connectivity index (χ1n) is 13.2. The molecule has 4 aromatic rings. The Balaban J connectivity index is 1.56. The maximum atomic E-state index is 13.7. The summed E-state index contributed by atoms with van der Waals surface area (Å²) < 4.78 is 45.2. The lowest BCUT2D eigenvalue weighted by atomic mass is 10.1. The molecule has 3 aromatic carbocycles. The summed E-state index contributed by atoms with van der Waals surface area (Å²) in [6.07, 6.45) is -1.48. The number of hydrogen-bond donors (Lipinski definition) is 1. The van der Waals surface area contributed by atoms with Gasteiger partial charge < -0.3 is 19.5 Å². The van der Waals surface area contributed by atoms with Crippen molar-refractivity contribution in [2.75, 3.05) is 33.4 Å². The monoisotopic (exact) mass is 629 g/mol. The normalized spacial score (nSPS) is 11.5. The number of para-hydroxylation sites is 1. The van der Waals surface area contributed by atoms with Crippen LogP contribution in [0.1, 0.15) is 33.5 Å². The number of rotatable bonds is 12. The van der Waals surface area contributed by atoms with E-state index >= 15 is 0 Å². The quantitative estimate of drug-likeness (QED) is 0.177. The third-order valence-electron chi connectivity index (χ3n) is 6.79. The van der Waals surface area contributed by atoms with Crippen LogP contribution in [0.3, 0.4) is 0 Å². The summed E-state index contributed by atoms with van der Waals surface area (Å²) in [5, 5.41) is 1.04. The van der Waals surface area contributed by atoms with Gasteiger partial charge in [0.1, 0.15) is 6.54 Å². The Morgan fingerprint density at radius 3 is 2.41 bits per heavy atom. The number of benzene rings is 3. The van der Waals surface area contributed by atoms with Crippen LogP contribution in [0, 0.1) is 0 Å². The molecule has 216 valence electrons. The number of nitrogens with zero attached hydrogens (tertiary/aromatic N) is 2. The van der Waals surface area contributed by atoms with E-state index in [-0.39, 0.29) is 24.9 Å². The van der Waals surface area contributed by atoms with E-state index in [0.29, 0.717) is 43.7 Å². The highest BCUT2D eigenvalue weighted by Crippen LogP contribution is 2.29. The molecule has 0 unspecified atom stereocenters. The second kappa shape index (κ2) is 13.8. The summed E-state index contributed by atoms with van der Waals surface area (Å²) in [4.78, 5) is 33.5. The Hall–Kier alpha value is -3.63. The van der Waals surface area contributed by atoms with E-state index in [4.69, 9.17) is 4.74 Å². The molecule has 1 aromatic heterocycles. The first-order valence-corrected chi connectivity index (χ1v) is 14.0. The van der Waals surface area contributed by atoms with Crippen molar-refractivity contribution >= 4 is 38.6 Å². The van der Waals surface area contributed by atoms with Crippen LogP contribution in [-0.4, -0.2) is 59.9 Å². The molecule has 1 heterocycles. The van der Waals surface area contributed by atoms with Crippen molar-refractivity contribution < 1.29 is 27.5 Å². The summed E-state index contributed by atoms with van der Waals surface area (Å²) in [6, 6.07) is 19.6. The molecule has 0 aliphatic rings. The fraction of sp³-hybridized carbons (Fsp3) is 0.290. The number of amides is 2. The number of H-pyrrole nitrogens is 1. The first kappa shape index (κ1) is 30.3. The van der Waals surface area contributed by atoms with Gasteiger partial charge >= 0.3 is 6.18 Å². The zero-order valence-corrected chi connectivity index (χ0v) is 24.2. The number of fused-ring (bicyclic) bond motifs is 1. The van der Waals surface area contributed by atoms with E-state index in [9.17, 15) is 22.8 Å². The molecule has 41 heavy (non-hydrogen) atoms. The minimum absolute atomic E-state index is 0.107. The van der Waals surface area contributed by atoms with Gasteiger partial charge in [0.15, 0.2) is 0 Å². The number of carbonyl (C=O) groups is 2. The summed E-state index contributed by atoms with van der Waals surface area (Å²) in [5.74, 6) is -0.590. The Labute approximate surface area is 245 Å². The van der Waals surface area contributed by atoms with Gasteiger partial charge in [0.2, 0.25) is 5.91 Å². The predicted octanol–water partition coefficient (Wildman–Crippen LogP) is 6.70. The lowest BCUT2D eigenvalue weighted by Gasteiger charge is -2.28. The van der Waals surface area contributed by atoms with Crippen LogP contribution in [0.2, 0.25) is 0 Å². The van der Waals surface area contributed by atoms with E-state index in [2.05, 4.69) is 20.9 Å². The number of halogens is 4. The van der Waals surface area contributed by atoms with Crippen LogP contribution in [0.15, 0.2) is 83.5 Å². The van der Waals surface area contributed by atoms with Crippen molar-refractivity contribution in [2.24, 2.45) is 0 Å². The zero-order valence-electron chi connectivity index (χ0n) is 22.6. The lowest BCUT2D eigenvalue weighted by Crippen LogP contribution is -2.44. The Morgan fingerprint density at radius 1 is 0.951 bits per heavy atom. The molecular weight excluding hydrogens is 599 g/mol. The molecular formula is C31H31BrF3N3O3. The van der Waals surface area contributed by atoms with E-state index in [1.165, 1.54) is 17.0 Å². The maximum absolute atomic E-state index is 13.7. The van der Waals surface area contributed by atoms with Crippen molar-refractivity contribution in [3.05, 3.63) is 106 Å². The van der Waals surface area contributed by atoms with Gasteiger partial charge in [-0.2, -0.15) is 13.2 Å². The average molecular weight is 631 g/mol. The fourth-order valence-electron chi connectivity index (χ4n) is 4.62. The number of hydrogen-bond acceptors (Lipinski definition) is 3. The zero-order chi connectivity index (χ0) is 29.4. The molecule has 0 aliphatic carbocycles. The summed E-state index contributed by atoms with van der Waals surface area (Å²) in [7, 11) is 1.57. The summed E-state index contributed by atoms with van der Waals surface area (Å²) in [5.41, 5.74) is 2.26. The van der Waals surface area contributed by atoms with Gasteiger partial charge in [0, 0.05) is 60.5 Å². The second-order valence-corrected chi connectivity index (χ2v) is 10.6. The number of methoxy groups -OCH3 is 1. The standard InChI is InChI=1S/C31H31BrF3N3O3/c1-41-17-5-15-38(30(40)23-6-4-7-26(32)18-23)21-29(39)37(20-22-10-12-25(13-11-22)31(33,34)35)16-14-24-19-36-28-9-3-2-8-27(24)28/h2-4,6-13,18-19,36H,5,14-17,20-21H2,1H3. The Kier molecular flexibility index (Phi) is 10.2. The van der Waals surface area contributed by atoms with Gasteiger partial charge in [-0.1, -0.05) is 52.3 Å². The van der Waals surface area contributed by atoms with Crippen molar-refractivity contribution in [3.63, 3.8) is 0 Å². The van der Waals surface area contributed by atoms with E-state index < -0.39 is 11.7 Å². The fourth-order valence-corrected chi connectivity index (χ4v) is 5.02.